The Balaban J connectivity index is 2.35. The van der Waals surface area contributed by atoms with E-state index in [0.29, 0.717) is 17.6 Å². The average molecular weight is 307 g/mol. The third kappa shape index (κ3) is 2.23. The first-order valence-corrected chi connectivity index (χ1v) is 6.20. The van der Waals surface area contributed by atoms with E-state index in [2.05, 4.69) is 15.9 Å². The lowest BCUT2D eigenvalue weighted by Gasteiger charge is -2.16. The normalized spacial score (nSPS) is 15.6. The monoisotopic (exact) mass is 305 g/mol. The second kappa shape index (κ2) is 4.72. The van der Waals surface area contributed by atoms with E-state index in [4.69, 9.17) is 11.6 Å². The highest BCUT2D eigenvalue weighted by Gasteiger charge is 2.24. The molecule has 0 radical (unpaired) electrons. The van der Waals surface area contributed by atoms with Crippen molar-refractivity contribution in [2.24, 2.45) is 0 Å². The summed E-state index contributed by atoms with van der Waals surface area (Å²) in [5.41, 5.74) is -0.0215. The number of carbonyl (C=O) groups is 1. The van der Waals surface area contributed by atoms with Crippen LogP contribution in [0.25, 0.3) is 0 Å². The van der Waals surface area contributed by atoms with Gasteiger partial charge in [-0.1, -0.05) is 27.5 Å². The summed E-state index contributed by atoms with van der Waals surface area (Å²) in [4.78, 5) is 13.6. The molecule has 0 N–H and O–H groups in total. The molecule has 1 aliphatic rings. The Hall–Kier alpha value is -0.610. The number of carbonyl (C=O) groups excluding carboxylic acids is 1. The largest absolute Gasteiger partial charge is 0.339 e. The Bertz CT molecular complexity index is 409. The number of hydrogen-bond donors (Lipinski definition) is 0. The summed E-state index contributed by atoms with van der Waals surface area (Å²) in [6, 6.07) is 2.79. The molecular formula is C11H10BrClFNO. The molecule has 0 aromatic heterocycles. The molecule has 0 atom stereocenters. The van der Waals surface area contributed by atoms with E-state index in [1.165, 1.54) is 12.1 Å². The SMILES string of the molecule is O=C(c1c(F)cc(Br)cc1Cl)N1CCCC1. The number of halogens is 3. The minimum Gasteiger partial charge on any atom is -0.339 e. The van der Waals surface area contributed by atoms with Crippen LogP contribution in [-0.4, -0.2) is 23.9 Å². The number of amides is 1. The van der Waals surface area contributed by atoms with Crippen molar-refractivity contribution in [2.45, 2.75) is 12.8 Å². The molecule has 5 heteroatoms. The van der Waals surface area contributed by atoms with Crippen LogP contribution >= 0.6 is 27.5 Å². The van der Waals surface area contributed by atoms with Gasteiger partial charge in [-0.15, -0.1) is 0 Å². The van der Waals surface area contributed by atoms with Crippen LogP contribution in [0.15, 0.2) is 16.6 Å². The van der Waals surface area contributed by atoms with E-state index in [-0.39, 0.29) is 16.5 Å². The summed E-state index contributed by atoms with van der Waals surface area (Å²) in [5, 5.41) is 0.156. The van der Waals surface area contributed by atoms with Crippen LogP contribution in [0.4, 0.5) is 4.39 Å². The second-order valence-electron chi connectivity index (χ2n) is 3.74. The highest BCUT2D eigenvalue weighted by Crippen LogP contribution is 2.26. The van der Waals surface area contributed by atoms with Gasteiger partial charge in [-0.25, -0.2) is 4.39 Å². The number of likely N-dealkylation sites (tertiary alicyclic amines) is 1. The zero-order valence-electron chi connectivity index (χ0n) is 8.47. The molecular weight excluding hydrogens is 296 g/mol. The van der Waals surface area contributed by atoms with Crippen molar-refractivity contribution in [3.8, 4) is 0 Å². The van der Waals surface area contributed by atoms with Gasteiger partial charge < -0.3 is 4.90 Å². The average Bonchev–Trinajstić information content (AvgIpc) is 2.67. The minimum atomic E-state index is -0.573. The second-order valence-corrected chi connectivity index (χ2v) is 5.07. The van der Waals surface area contributed by atoms with E-state index >= 15 is 0 Å². The van der Waals surface area contributed by atoms with Gasteiger partial charge in [-0.2, -0.15) is 0 Å². The van der Waals surface area contributed by atoms with Crippen LogP contribution < -0.4 is 0 Å². The number of hydrogen-bond acceptors (Lipinski definition) is 1. The maximum atomic E-state index is 13.7. The van der Waals surface area contributed by atoms with Crippen LogP contribution in [0.3, 0.4) is 0 Å². The van der Waals surface area contributed by atoms with Crippen LogP contribution in [0.5, 0.6) is 0 Å². The van der Waals surface area contributed by atoms with Crippen LogP contribution in [0.2, 0.25) is 5.02 Å². The molecule has 0 saturated carbocycles. The molecule has 0 unspecified atom stereocenters. The maximum absolute atomic E-state index is 13.7. The fourth-order valence-corrected chi connectivity index (χ4v) is 2.68. The highest BCUT2D eigenvalue weighted by atomic mass is 79.9. The van der Waals surface area contributed by atoms with Gasteiger partial charge in [0.1, 0.15) is 5.82 Å². The molecule has 1 amide bonds. The minimum absolute atomic E-state index is 0.0215. The first-order chi connectivity index (χ1) is 7.59. The number of benzene rings is 1. The standard InChI is InChI=1S/C11H10BrClFNO/c12-7-5-8(13)10(9(14)6-7)11(16)15-3-1-2-4-15/h5-6H,1-4H2. The Morgan fingerprint density at radius 3 is 2.56 bits per heavy atom. The summed E-state index contributed by atoms with van der Waals surface area (Å²) in [5.74, 6) is -0.885. The highest BCUT2D eigenvalue weighted by molar-refractivity contribution is 9.10. The Morgan fingerprint density at radius 2 is 2.00 bits per heavy atom. The molecule has 1 heterocycles. The lowest BCUT2D eigenvalue weighted by Crippen LogP contribution is -2.28. The van der Waals surface area contributed by atoms with Crippen LogP contribution in [0.1, 0.15) is 23.2 Å². The summed E-state index contributed by atoms with van der Waals surface area (Å²) in [6.07, 6.45) is 1.95. The molecule has 2 nitrogen and oxygen atoms in total. The molecule has 1 saturated heterocycles. The first kappa shape index (κ1) is 11.9. The fraction of sp³-hybridized carbons (Fsp3) is 0.364. The maximum Gasteiger partial charge on any atom is 0.258 e. The van der Waals surface area contributed by atoms with Gasteiger partial charge in [0.05, 0.1) is 10.6 Å². The van der Waals surface area contributed by atoms with Crippen molar-refractivity contribution in [2.75, 3.05) is 13.1 Å². The molecule has 1 aliphatic heterocycles. The predicted octanol–water partition coefficient (Wildman–Crippen LogP) is 3.48. The summed E-state index contributed by atoms with van der Waals surface area (Å²) in [7, 11) is 0. The molecule has 0 spiro atoms. The Labute approximate surface area is 107 Å². The van der Waals surface area contributed by atoms with Gasteiger partial charge in [0.25, 0.3) is 5.91 Å². The van der Waals surface area contributed by atoms with E-state index in [1.807, 2.05) is 0 Å². The third-order valence-electron chi connectivity index (χ3n) is 2.61. The Morgan fingerprint density at radius 1 is 1.38 bits per heavy atom. The molecule has 1 fully saturated rings. The number of nitrogens with zero attached hydrogens (tertiary/aromatic N) is 1. The van der Waals surface area contributed by atoms with E-state index in [1.54, 1.807) is 4.90 Å². The van der Waals surface area contributed by atoms with E-state index in [0.717, 1.165) is 12.8 Å². The van der Waals surface area contributed by atoms with E-state index < -0.39 is 5.82 Å². The molecule has 86 valence electrons. The van der Waals surface area contributed by atoms with Gasteiger partial charge in [-0.3, -0.25) is 4.79 Å². The summed E-state index contributed by atoms with van der Waals surface area (Å²) >= 11 is 9.02. The van der Waals surface area contributed by atoms with Crippen molar-refractivity contribution in [3.05, 3.63) is 33.0 Å². The molecule has 1 aromatic rings. The van der Waals surface area contributed by atoms with Gasteiger partial charge in [0.2, 0.25) is 0 Å². The van der Waals surface area contributed by atoms with Crippen molar-refractivity contribution in [1.29, 1.82) is 0 Å². The zero-order chi connectivity index (χ0) is 11.7. The fourth-order valence-electron chi connectivity index (χ4n) is 1.82. The summed E-state index contributed by atoms with van der Waals surface area (Å²) < 4.78 is 14.2. The third-order valence-corrected chi connectivity index (χ3v) is 3.37. The Kier molecular flexibility index (Phi) is 3.50. The zero-order valence-corrected chi connectivity index (χ0v) is 10.8. The lowest BCUT2D eigenvalue weighted by atomic mass is 10.2. The molecule has 16 heavy (non-hydrogen) atoms. The molecule has 2 rings (SSSR count). The topological polar surface area (TPSA) is 20.3 Å². The van der Waals surface area contributed by atoms with Gasteiger partial charge >= 0.3 is 0 Å². The smallest absolute Gasteiger partial charge is 0.258 e. The van der Waals surface area contributed by atoms with Gasteiger partial charge in [0, 0.05) is 17.6 Å². The van der Waals surface area contributed by atoms with Crippen molar-refractivity contribution < 1.29 is 9.18 Å². The predicted molar refractivity (Wildman–Crippen MR) is 64.2 cm³/mol. The molecule has 0 bridgehead atoms. The quantitative estimate of drug-likeness (QED) is 0.778. The number of rotatable bonds is 1. The van der Waals surface area contributed by atoms with Gasteiger partial charge in [-0.05, 0) is 25.0 Å². The lowest BCUT2D eigenvalue weighted by molar-refractivity contribution is 0.0788. The van der Waals surface area contributed by atoms with Crippen LogP contribution in [-0.2, 0) is 0 Å². The van der Waals surface area contributed by atoms with Crippen molar-refractivity contribution in [1.82, 2.24) is 4.90 Å². The molecule has 0 aliphatic carbocycles. The van der Waals surface area contributed by atoms with Crippen molar-refractivity contribution >= 4 is 33.4 Å². The van der Waals surface area contributed by atoms with Crippen LogP contribution in [0, 0.1) is 5.82 Å². The van der Waals surface area contributed by atoms with E-state index in [9.17, 15) is 9.18 Å². The molecule has 1 aromatic carbocycles. The first-order valence-electron chi connectivity index (χ1n) is 5.03. The van der Waals surface area contributed by atoms with Crippen molar-refractivity contribution in [3.63, 3.8) is 0 Å². The summed E-state index contributed by atoms with van der Waals surface area (Å²) in [6.45, 7) is 1.37. The van der Waals surface area contributed by atoms with Gasteiger partial charge in [0.15, 0.2) is 0 Å².